The monoisotopic (exact) mass is 471 g/mol. The standard InChI is InChI=1S/C26H25N5O2S/c1-4-33-20-12-10-19(11-13-20)24-22-23(18-8-6-5-7-9-18)30-31(25(22)29-21(32)15-34-24)26-27-16(2)14-17(3)28-26/h5-14,24H,4,15H2,1-3H3,(H,29,32)/t24-/m0/s1. The molecule has 0 bridgehead atoms. The number of rotatable bonds is 5. The van der Waals surface area contributed by atoms with Crippen LogP contribution in [0.15, 0.2) is 60.7 Å². The second-order valence-corrected chi connectivity index (χ2v) is 9.17. The molecule has 0 unspecified atom stereocenters. The van der Waals surface area contributed by atoms with Crippen LogP contribution >= 0.6 is 11.8 Å². The Kier molecular flexibility index (Phi) is 6.06. The Labute approximate surface area is 202 Å². The number of thioether (sulfide) groups is 1. The zero-order chi connectivity index (χ0) is 23.7. The van der Waals surface area contributed by atoms with Gasteiger partial charge in [-0.3, -0.25) is 4.79 Å². The molecule has 1 atom stereocenters. The van der Waals surface area contributed by atoms with E-state index >= 15 is 0 Å². The summed E-state index contributed by atoms with van der Waals surface area (Å²) in [5.41, 5.74) is 5.45. The number of hydrogen-bond donors (Lipinski definition) is 1. The number of hydrogen-bond acceptors (Lipinski definition) is 6. The number of amides is 1. The van der Waals surface area contributed by atoms with E-state index in [9.17, 15) is 4.79 Å². The first-order chi connectivity index (χ1) is 16.5. The maximum absolute atomic E-state index is 12.8. The van der Waals surface area contributed by atoms with Gasteiger partial charge in [0.05, 0.1) is 23.3 Å². The molecule has 2 aromatic heterocycles. The number of nitrogens with one attached hydrogen (secondary N) is 1. The third-order valence-corrected chi connectivity index (χ3v) is 6.79. The Morgan fingerprint density at radius 3 is 2.44 bits per heavy atom. The van der Waals surface area contributed by atoms with Crippen LogP contribution < -0.4 is 10.1 Å². The maximum Gasteiger partial charge on any atom is 0.252 e. The topological polar surface area (TPSA) is 81.9 Å². The van der Waals surface area contributed by atoms with Crippen molar-refractivity contribution in [3.8, 4) is 23.0 Å². The Hall–Kier alpha value is -3.65. The number of anilines is 1. The van der Waals surface area contributed by atoms with Crippen LogP contribution in [0.1, 0.15) is 34.7 Å². The average molecular weight is 472 g/mol. The average Bonchev–Trinajstić information content (AvgIpc) is 3.10. The summed E-state index contributed by atoms with van der Waals surface area (Å²) in [6.07, 6.45) is 0. The van der Waals surface area contributed by atoms with Crippen LogP contribution in [0, 0.1) is 13.8 Å². The molecule has 7 nitrogen and oxygen atoms in total. The lowest BCUT2D eigenvalue weighted by Crippen LogP contribution is -2.17. The molecule has 0 spiro atoms. The Morgan fingerprint density at radius 1 is 1.06 bits per heavy atom. The lowest BCUT2D eigenvalue weighted by atomic mass is 10.00. The summed E-state index contributed by atoms with van der Waals surface area (Å²) in [6.45, 7) is 6.43. The van der Waals surface area contributed by atoms with Gasteiger partial charge >= 0.3 is 0 Å². The minimum absolute atomic E-state index is 0.0789. The smallest absolute Gasteiger partial charge is 0.252 e. The minimum atomic E-state index is -0.112. The molecule has 0 radical (unpaired) electrons. The summed E-state index contributed by atoms with van der Waals surface area (Å²) in [5, 5.41) is 7.93. The third-order valence-electron chi connectivity index (χ3n) is 5.52. The zero-order valence-electron chi connectivity index (χ0n) is 19.3. The first-order valence-electron chi connectivity index (χ1n) is 11.2. The highest BCUT2D eigenvalue weighted by Crippen LogP contribution is 2.46. The highest BCUT2D eigenvalue weighted by atomic mass is 32.2. The van der Waals surface area contributed by atoms with Gasteiger partial charge in [-0.2, -0.15) is 9.78 Å². The van der Waals surface area contributed by atoms with Crippen molar-refractivity contribution in [1.29, 1.82) is 0 Å². The SMILES string of the molecule is CCOc1ccc([C@@H]2SCC(=O)Nc3c2c(-c2ccccc2)nn3-c2nc(C)cc(C)n2)cc1. The fourth-order valence-electron chi connectivity index (χ4n) is 4.13. The second-order valence-electron chi connectivity index (χ2n) is 8.08. The van der Waals surface area contributed by atoms with E-state index in [1.54, 1.807) is 16.4 Å². The summed E-state index contributed by atoms with van der Waals surface area (Å²) >= 11 is 1.58. The quantitative estimate of drug-likeness (QED) is 0.435. The highest BCUT2D eigenvalue weighted by molar-refractivity contribution is 8.00. The van der Waals surface area contributed by atoms with E-state index in [-0.39, 0.29) is 11.2 Å². The summed E-state index contributed by atoms with van der Waals surface area (Å²) in [6, 6.07) is 20.0. The largest absolute Gasteiger partial charge is 0.494 e. The van der Waals surface area contributed by atoms with E-state index in [1.165, 1.54) is 0 Å². The molecule has 1 aliphatic rings. The van der Waals surface area contributed by atoms with Gasteiger partial charge in [0, 0.05) is 22.5 Å². The van der Waals surface area contributed by atoms with Crippen LogP contribution in [0.25, 0.3) is 17.2 Å². The molecule has 0 aliphatic carbocycles. The lowest BCUT2D eigenvalue weighted by molar-refractivity contribution is -0.113. The summed E-state index contributed by atoms with van der Waals surface area (Å²) in [4.78, 5) is 22.0. The van der Waals surface area contributed by atoms with Gasteiger partial charge in [-0.1, -0.05) is 42.5 Å². The van der Waals surface area contributed by atoms with Crippen LogP contribution in [-0.2, 0) is 4.79 Å². The van der Waals surface area contributed by atoms with Crippen molar-refractivity contribution in [3.05, 3.63) is 83.2 Å². The number of nitrogens with zero attached hydrogens (tertiary/aromatic N) is 4. The summed E-state index contributed by atoms with van der Waals surface area (Å²) in [7, 11) is 0. The molecule has 34 heavy (non-hydrogen) atoms. The van der Waals surface area contributed by atoms with E-state index < -0.39 is 0 Å². The van der Waals surface area contributed by atoms with Gasteiger partial charge in [0.15, 0.2) is 0 Å². The number of carbonyl (C=O) groups excluding carboxylic acids is 1. The Bertz CT molecular complexity index is 1320. The summed E-state index contributed by atoms with van der Waals surface area (Å²) in [5.74, 6) is 2.12. The van der Waals surface area contributed by atoms with Crippen molar-refractivity contribution in [2.75, 3.05) is 17.7 Å². The van der Waals surface area contributed by atoms with E-state index in [0.29, 0.717) is 24.1 Å². The van der Waals surface area contributed by atoms with Crippen LogP contribution in [0.5, 0.6) is 5.75 Å². The predicted molar refractivity (Wildman–Crippen MR) is 135 cm³/mol. The third kappa shape index (κ3) is 4.28. The van der Waals surface area contributed by atoms with Crippen LogP contribution in [0.2, 0.25) is 0 Å². The van der Waals surface area contributed by atoms with Gasteiger partial charge in [0.25, 0.3) is 5.95 Å². The second kappa shape index (κ2) is 9.30. The predicted octanol–water partition coefficient (Wildman–Crippen LogP) is 5.12. The molecule has 1 aliphatic heterocycles. The van der Waals surface area contributed by atoms with Crippen molar-refractivity contribution < 1.29 is 9.53 Å². The van der Waals surface area contributed by atoms with E-state index in [2.05, 4.69) is 27.4 Å². The van der Waals surface area contributed by atoms with Crippen molar-refractivity contribution in [2.24, 2.45) is 0 Å². The molecule has 4 aromatic rings. The molecular weight excluding hydrogens is 446 g/mol. The molecule has 0 saturated heterocycles. The van der Waals surface area contributed by atoms with Crippen LogP contribution in [0.4, 0.5) is 5.82 Å². The van der Waals surface area contributed by atoms with E-state index in [4.69, 9.17) is 9.84 Å². The van der Waals surface area contributed by atoms with Crippen LogP contribution in [-0.4, -0.2) is 38.0 Å². The first kappa shape index (κ1) is 22.2. The first-order valence-corrected chi connectivity index (χ1v) is 12.2. The fourth-order valence-corrected chi connectivity index (χ4v) is 5.26. The Balaban J connectivity index is 1.74. The molecule has 3 heterocycles. The zero-order valence-corrected chi connectivity index (χ0v) is 20.1. The van der Waals surface area contributed by atoms with Gasteiger partial charge < -0.3 is 10.1 Å². The van der Waals surface area contributed by atoms with Gasteiger partial charge in [0.2, 0.25) is 5.91 Å². The summed E-state index contributed by atoms with van der Waals surface area (Å²) < 4.78 is 7.30. The highest BCUT2D eigenvalue weighted by Gasteiger charge is 2.33. The fraction of sp³-hybridized carbons (Fsp3) is 0.231. The van der Waals surface area contributed by atoms with Gasteiger partial charge in [0.1, 0.15) is 11.6 Å². The van der Waals surface area contributed by atoms with Crippen molar-refractivity contribution in [1.82, 2.24) is 19.7 Å². The minimum Gasteiger partial charge on any atom is -0.494 e. The van der Waals surface area contributed by atoms with Crippen molar-refractivity contribution in [3.63, 3.8) is 0 Å². The van der Waals surface area contributed by atoms with Gasteiger partial charge in [-0.15, -0.1) is 11.8 Å². The molecule has 1 amide bonds. The van der Waals surface area contributed by atoms with E-state index in [0.717, 1.165) is 39.5 Å². The van der Waals surface area contributed by atoms with Gasteiger partial charge in [-0.05, 0) is 44.5 Å². The number of aromatic nitrogens is 4. The molecule has 8 heteroatoms. The molecule has 0 saturated carbocycles. The molecule has 0 fully saturated rings. The number of carbonyl (C=O) groups is 1. The Morgan fingerprint density at radius 2 is 1.76 bits per heavy atom. The molecule has 172 valence electrons. The number of fused-ring (bicyclic) bond motifs is 1. The maximum atomic E-state index is 12.8. The van der Waals surface area contributed by atoms with E-state index in [1.807, 2.05) is 69.3 Å². The number of benzene rings is 2. The molecule has 2 aromatic carbocycles. The normalized spacial score (nSPS) is 15.4. The molecular formula is C26H25N5O2S. The van der Waals surface area contributed by atoms with Crippen LogP contribution in [0.3, 0.4) is 0 Å². The number of ether oxygens (including phenoxy) is 1. The number of aryl methyl sites for hydroxylation is 2. The van der Waals surface area contributed by atoms with Crippen molar-refractivity contribution >= 4 is 23.5 Å². The van der Waals surface area contributed by atoms with Crippen molar-refractivity contribution in [2.45, 2.75) is 26.0 Å². The molecule has 5 rings (SSSR count). The van der Waals surface area contributed by atoms with Gasteiger partial charge in [-0.25, -0.2) is 9.97 Å². The molecule has 1 N–H and O–H groups in total. The lowest BCUT2D eigenvalue weighted by Gasteiger charge is -2.17.